The summed E-state index contributed by atoms with van der Waals surface area (Å²) in [6, 6.07) is 3.64. The van der Waals surface area contributed by atoms with E-state index in [2.05, 4.69) is 21.4 Å². The lowest BCUT2D eigenvalue weighted by atomic mass is 9.97. The molecule has 0 aliphatic carbocycles. The molecule has 0 spiro atoms. The average Bonchev–Trinajstić information content (AvgIpc) is 2.37. The number of hydrogen-bond acceptors (Lipinski definition) is 2. The first-order chi connectivity index (χ1) is 9.43. The first kappa shape index (κ1) is 15.0. The summed E-state index contributed by atoms with van der Waals surface area (Å²) < 4.78 is 54.7. The molecule has 0 aromatic heterocycles. The van der Waals surface area contributed by atoms with Gasteiger partial charge >= 0.3 is 0 Å². The van der Waals surface area contributed by atoms with Crippen LogP contribution in [0.15, 0.2) is 34.8 Å². The summed E-state index contributed by atoms with van der Waals surface area (Å²) in [5, 5.41) is 0. The van der Waals surface area contributed by atoms with Crippen molar-refractivity contribution in [2.75, 3.05) is 0 Å². The molecule has 2 aromatic carbocycles. The number of rotatable bonds is 3. The van der Waals surface area contributed by atoms with Crippen molar-refractivity contribution in [2.24, 2.45) is 5.84 Å². The summed E-state index contributed by atoms with van der Waals surface area (Å²) in [6.07, 6.45) is 0. The predicted octanol–water partition coefficient (Wildman–Crippen LogP) is 3.56. The Morgan fingerprint density at radius 2 is 1.55 bits per heavy atom. The smallest absolute Gasteiger partial charge is 0.134 e. The van der Waals surface area contributed by atoms with Gasteiger partial charge in [0.25, 0.3) is 0 Å². The van der Waals surface area contributed by atoms with Crippen molar-refractivity contribution in [3.63, 3.8) is 0 Å². The van der Waals surface area contributed by atoms with Crippen molar-refractivity contribution >= 4 is 15.9 Å². The van der Waals surface area contributed by atoms with Crippen LogP contribution in [0.2, 0.25) is 0 Å². The molecular weight excluding hydrogens is 340 g/mol. The van der Waals surface area contributed by atoms with Crippen LogP contribution in [0.5, 0.6) is 0 Å². The van der Waals surface area contributed by atoms with E-state index in [0.717, 1.165) is 6.07 Å². The Kier molecular flexibility index (Phi) is 4.42. The molecule has 0 amide bonds. The summed E-state index contributed by atoms with van der Waals surface area (Å²) in [7, 11) is 0. The Labute approximate surface area is 120 Å². The van der Waals surface area contributed by atoms with Crippen molar-refractivity contribution in [3.8, 4) is 0 Å². The first-order valence-corrected chi connectivity index (χ1v) is 6.29. The highest BCUT2D eigenvalue weighted by Gasteiger charge is 2.24. The zero-order chi connectivity index (χ0) is 14.9. The number of nitrogens with one attached hydrogen (secondary N) is 1. The van der Waals surface area contributed by atoms with Gasteiger partial charge < -0.3 is 0 Å². The summed E-state index contributed by atoms with van der Waals surface area (Å²) in [5.74, 6) is 1.22. The van der Waals surface area contributed by atoms with Gasteiger partial charge in [-0.1, -0.05) is 15.9 Å². The van der Waals surface area contributed by atoms with E-state index in [0.29, 0.717) is 16.6 Å². The zero-order valence-electron chi connectivity index (χ0n) is 9.93. The van der Waals surface area contributed by atoms with Crippen molar-refractivity contribution in [1.82, 2.24) is 5.43 Å². The third-order valence-electron chi connectivity index (χ3n) is 2.77. The molecule has 0 aliphatic rings. The topological polar surface area (TPSA) is 38.0 Å². The Morgan fingerprint density at radius 1 is 0.950 bits per heavy atom. The molecule has 1 atom stereocenters. The Balaban J connectivity index is 2.61. The number of nitrogens with two attached hydrogens (primary N) is 1. The fourth-order valence-corrected chi connectivity index (χ4v) is 2.27. The molecule has 0 fully saturated rings. The molecule has 2 aromatic rings. The minimum atomic E-state index is -1.28. The third kappa shape index (κ3) is 2.84. The van der Waals surface area contributed by atoms with E-state index in [1.54, 1.807) is 0 Å². The van der Waals surface area contributed by atoms with E-state index in [1.165, 1.54) is 12.1 Å². The molecule has 2 rings (SSSR count). The fourth-order valence-electron chi connectivity index (χ4n) is 1.89. The Hall–Kier alpha value is -1.44. The predicted molar refractivity (Wildman–Crippen MR) is 69.6 cm³/mol. The van der Waals surface area contributed by atoms with Crippen molar-refractivity contribution in [2.45, 2.75) is 6.04 Å². The molecule has 7 heteroatoms. The highest BCUT2D eigenvalue weighted by Crippen LogP contribution is 2.30. The van der Waals surface area contributed by atoms with Crippen LogP contribution in [0.25, 0.3) is 0 Å². The second-order valence-electron chi connectivity index (χ2n) is 4.05. The van der Waals surface area contributed by atoms with Crippen molar-refractivity contribution < 1.29 is 17.6 Å². The molecule has 0 saturated carbocycles. The number of halogens is 5. The monoisotopic (exact) mass is 348 g/mol. The lowest BCUT2D eigenvalue weighted by Gasteiger charge is -2.19. The summed E-state index contributed by atoms with van der Waals surface area (Å²) in [6.45, 7) is 0. The van der Waals surface area contributed by atoms with Crippen LogP contribution < -0.4 is 11.3 Å². The lowest BCUT2D eigenvalue weighted by molar-refractivity contribution is 0.481. The quantitative estimate of drug-likeness (QED) is 0.505. The van der Waals surface area contributed by atoms with Crippen LogP contribution in [0.1, 0.15) is 17.2 Å². The van der Waals surface area contributed by atoms with E-state index in [4.69, 9.17) is 5.84 Å². The van der Waals surface area contributed by atoms with Crippen LogP contribution in [0, 0.1) is 23.3 Å². The minimum Gasteiger partial charge on any atom is -0.271 e. The first-order valence-electron chi connectivity index (χ1n) is 5.49. The van der Waals surface area contributed by atoms with Crippen LogP contribution in [-0.2, 0) is 0 Å². The molecule has 0 saturated heterocycles. The molecule has 0 bridgehead atoms. The second kappa shape index (κ2) is 5.90. The molecule has 0 heterocycles. The molecule has 3 N–H and O–H groups in total. The molecular formula is C13H9BrF4N2. The van der Waals surface area contributed by atoms with E-state index in [1.807, 2.05) is 0 Å². The van der Waals surface area contributed by atoms with E-state index in [9.17, 15) is 17.6 Å². The van der Waals surface area contributed by atoms with E-state index < -0.39 is 34.9 Å². The van der Waals surface area contributed by atoms with Gasteiger partial charge in [-0.3, -0.25) is 5.84 Å². The molecule has 1 unspecified atom stereocenters. The second-order valence-corrected chi connectivity index (χ2v) is 4.96. The lowest BCUT2D eigenvalue weighted by Crippen LogP contribution is -2.31. The highest BCUT2D eigenvalue weighted by atomic mass is 79.9. The SMILES string of the molecule is NNC(c1cc(Br)ccc1F)c1c(F)cc(F)cc1F. The van der Waals surface area contributed by atoms with Crippen molar-refractivity contribution in [1.29, 1.82) is 0 Å². The van der Waals surface area contributed by atoms with Gasteiger partial charge in [0.05, 0.1) is 6.04 Å². The van der Waals surface area contributed by atoms with Gasteiger partial charge in [-0.25, -0.2) is 23.0 Å². The van der Waals surface area contributed by atoms with E-state index >= 15 is 0 Å². The minimum absolute atomic E-state index is 0.0636. The average molecular weight is 349 g/mol. The fraction of sp³-hybridized carbons (Fsp3) is 0.0769. The largest absolute Gasteiger partial charge is 0.271 e. The molecule has 106 valence electrons. The maximum absolute atomic E-state index is 13.8. The van der Waals surface area contributed by atoms with Gasteiger partial charge in [0, 0.05) is 27.7 Å². The molecule has 20 heavy (non-hydrogen) atoms. The third-order valence-corrected chi connectivity index (χ3v) is 3.26. The Bertz CT molecular complexity index is 625. The van der Waals surface area contributed by atoms with Crippen LogP contribution in [0.4, 0.5) is 17.6 Å². The summed E-state index contributed by atoms with van der Waals surface area (Å²) >= 11 is 3.13. The van der Waals surface area contributed by atoms with Gasteiger partial charge in [-0.15, -0.1) is 0 Å². The highest BCUT2D eigenvalue weighted by molar-refractivity contribution is 9.10. The van der Waals surface area contributed by atoms with Gasteiger partial charge in [0.1, 0.15) is 23.3 Å². The zero-order valence-corrected chi connectivity index (χ0v) is 11.5. The van der Waals surface area contributed by atoms with Gasteiger partial charge in [-0.05, 0) is 18.2 Å². The molecule has 0 aliphatic heterocycles. The van der Waals surface area contributed by atoms with Gasteiger partial charge in [0.15, 0.2) is 0 Å². The van der Waals surface area contributed by atoms with Crippen molar-refractivity contribution in [3.05, 3.63) is 69.2 Å². The van der Waals surface area contributed by atoms with E-state index in [-0.39, 0.29) is 5.56 Å². The standard InChI is InChI=1S/C13H9BrF4N2/c14-6-1-2-9(16)8(3-6)13(20-19)12-10(17)4-7(15)5-11(12)18/h1-5,13,20H,19H2. The maximum atomic E-state index is 13.8. The number of hydrogen-bond donors (Lipinski definition) is 2. The number of hydrazine groups is 1. The molecule has 0 radical (unpaired) electrons. The maximum Gasteiger partial charge on any atom is 0.134 e. The van der Waals surface area contributed by atoms with Gasteiger partial charge in [0.2, 0.25) is 0 Å². The summed E-state index contributed by atoms with van der Waals surface area (Å²) in [4.78, 5) is 0. The van der Waals surface area contributed by atoms with Gasteiger partial charge in [-0.2, -0.15) is 0 Å². The summed E-state index contributed by atoms with van der Waals surface area (Å²) in [5.41, 5.74) is 1.53. The normalized spacial score (nSPS) is 12.5. The number of benzene rings is 2. The Morgan fingerprint density at radius 3 is 2.10 bits per heavy atom. The van der Waals surface area contributed by atoms with Crippen LogP contribution >= 0.6 is 15.9 Å². The van der Waals surface area contributed by atoms with Crippen LogP contribution in [-0.4, -0.2) is 0 Å². The van der Waals surface area contributed by atoms with Crippen LogP contribution in [0.3, 0.4) is 0 Å². The molecule has 2 nitrogen and oxygen atoms in total.